The molecule has 1 amide bonds. The van der Waals surface area contributed by atoms with E-state index in [0.29, 0.717) is 33.4 Å². The van der Waals surface area contributed by atoms with Crippen molar-refractivity contribution in [2.45, 2.75) is 19.5 Å². The van der Waals surface area contributed by atoms with E-state index in [0.717, 1.165) is 12.1 Å². The van der Waals surface area contributed by atoms with Crippen LogP contribution >= 0.6 is 11.6 Å². The number of aldehydes is 1. The number of alkyl halides is 3. The van der Waals surface area contributed by atoms with Crippen molar-refractivity contribution in [2.24, 2.45) is 0 Å². The minimum atomic E-state index is -4.93. The monoisotopic (exact) mass is 517 g/mol. The Hall–Kier alpha value is -3.98. The van der Waals surface area contributed by atoms with Gasteiger partial charge in [-0.25, -0.2) is 9.18 Å². The van der Waals surface area contributed by atoms with Crippen LogP contribution in [0.1, 0.15) is 27.0 Å². The van der Waals surface area contributed by atoms with Crippen molar-refractivity contribution in [1.82, 2.24) is 0 Å². The minimum absolute atomic E-state index is 0.129. The molecule has 0 radical (unpaired) electrons. The summed E-state index contributed by atoms with van der Waals surface area (Å²) in [4.78, 5) is 37.1. The van der Waals surface area contributed by atoms with Gasteiger partial charge in [-0.3, -0.25) is 9.59 Å². The van der Waals surface area contributed by atoms with Crippen LogP contribution in [0.15, 0.2) is 63.8 Å². The van der Waals surface area contributed by atoms with Crippen LogP contribution < -0.4 is 10.9 Å². The predicted molar refractivity (Wildman–Crippen MR) is 127 cm³/mol. The zero-order valence-corrected chi connectivity index (χ0v) is 19.3. The number of hydrogen-bond donors (Lipinski definition) is 1. The molecule has 0 saturated heterocycles. The molecular formula is C26H16ClF4NO4. The molecule has 4 aromatic rings. The molecule has 0 unspecified atom stereocenters. The van der Waals surface area contributed by atoms with Gasteiger partial charge in [0.15, 0.2) is 0 Å². The summed E-state index contributed by atoms with van der Waals surface area (Å²) in [7, 11) is 0. The summed E-state index contributed by atoms with van der Waals surface area (Å²) in [6, 6.07) is 11.2. The molecule has 0 bridgehead atoms. The van der Waals surface area contributed by atoms with Crippen molar-refractivity contribution in [1.29, 1.82) is 0 Å². The Kier molecular flexibility index (Phi) is 6.69. The fourth-order valence-electron chi connectivity index (χ4n) is 3.84. The second kappa shape index (κ2) is 9.58. The summed E-state index contributed by atoms with van der Waals surface area (Å²) in [5.41, 5.74) is -1.31. The van der Waals surface area contributed by atoms with E-state index in [1.807, 2.05) is 0 Å². The smallest absolute Gasteiger partial charge is 0.418 e. The van der Waals surface area contributed by atoms with Crippen LogP contribution in [0, 0.1) is 12.7 Å². The van der Waals surface area contributed by atoms with Crippen molar-refractivity contribution in [3.8, 4) is 11.1 Å². The number of rotatable bonds is 5. The molecule has 0 aliphatic carbocycles. The van der Waals surface area contributed by atoms with Crippen LogP contribution in [0.5, 0.6) is 0 Å². The second-order valence-electron chi connectivity index (χ2n) is 8.00. The van der Waals surface area contributed by atoms with E-state index >= 15 is 0 Å². The molecule has 1 aromatic heterocycles. The van der Waals surface area contributed by atoms with Gasteiger partial charge in [0.2, 0.25) is 5.91 Å². The first-order valence-electron chi connectivity index (χ1n) is 10.5. The van der Waals surface area contributed by atoms with Crippen molar-refractivity contribution in [3.63, 3.8) is 0 Å². The lowest BCUT2D eigenvalue weighted by Crippen LogP contribution is -2.22. The van der Waals surface area contributed by atoms with Gasteiger partial charge in [0.1, 0.15) is 17.7 Å². The molecule has 0 aliphatic heterocycles. The fraction of sp³-hybridized carbons (Fsp3) is 0.115. The normalized spacial score (nSPS) is 11.5. The van der Waals surface area contributed by atoms with Crippen LogP contribution in [-0.2, 0) is 17.4 Å². The van der Waals surface area contributed by atoms with Gasteiger partial charge in [-0.05, 0) is 48.4 Å². The lowest BCUT2D eigenvalue weighted by molar-refractivity contribution is -0.137. The minimum Gasteiger partial charge on any atom is -0.422 e. The Morgan fingerprint density at radius 2 is 1.86 bits per heavy atom. The summed E-state index contributed by atoms with van der Waals surface area (Å²) < 4.78 is 58.8. The van der Waals surface area contributed by atoms with Crippen LogP contribution in [0.25, 0.3) is 22.1 Å². The van der Waals surface area contributed by atoms with Crippen molar-refractivity contribution >= 4 is 40.5 Å². The Morgan fingerprint density at radius 1 is 1.11 bits per heavy atom. The highest BCUT2D eigenvalue weighted by Gasteiger charge is 2.34. The van der Waals surface area contributed by atoms with E-state index in [1.54, 1.807) is 31.2 Å². The van der Waals surface area contributed by atoms with E-state index < -0.39 is 41.2 Å². The summed E-state index contributed by atoms with van der Waals surface area (Å²) in [5.74, 6) is -2.08. The average Bonchev–Trinajstić information content (AvgIpc) is 2.81. The third-order valence-electron chi connectivity index (χ3n) is 5.49. The maximum Gasteiger partial charge on any atom is 0.418 e. The maximum atomic E-state index is 13.4. The number of fused-ring (bicyclic) bond motifs is 1. The van der Waals surface area contributed by atoms with E-state index in [2.05, 4.69) is 5.32 Å². The Morgan fingerprint density at radius 3 is 2.56 bits per heavy atom. The zero-order chi connectivity index (χ0) is 26.2. The van der Waals surface area contributed by atoms with E-state index in [4.69, 9.17) is 16.0 Å². The zero-order valence-electron chi connectivity index (χ0n) is 18.5. The van der Waals surface area contributed by atoms with Crippen molar-refractivity contribution in [3.05, 3.63) is 98.1 Å². The van der Waals surface area contributed by atoms with Gasteiger partial charge >= 0.3 is 11.8 Å². The van der Waals surface area contributed by atoms with Crippen LogP contribution in [0.3, 0.4) is 0 Å². The molecule has 0 spiro atoms. The summed E-state index contributed by atoms with van der Waals surface area (Å²) in [6.45, 7) is 1.72. The van der Waals surface area contributed by atoms with Gasteiger partial charge in [-0.1, -0.05) is 29.8 Å². The molecule has 0 fully saturated rings. The SMILES string of the molecule is Cc1cc2c(-c3cccc(C=O)c3)c(CC(=O)Nc3ccc(F)cc3C(F)(F)F)c(=O)oc2cc1Cl. The molecule has 0 atom stereocenters. The standard InChI is InChI=1S/C26H16ClF4NO4/c1-13-7-17-22(11-20(13)27)36-25(35)18(24(17)15-4-2-3-14(8-15)12-33)10-23(34)32-21-6-5-16(28)9-19(21)26(29,30)31/h2-9,11-12H,10H2,1H3,(H,32,34). The summed E-state index contributed by atoms with van der Waals surface area (Å²) in [5, 5.41) is 2.86. The highest BCUT2D eigenvalue weighted by molar-refractivity contribution is 6.32. The number of nitrogens with one attached hydrogen (secondary N) is 1. The van der Waals surface area contributed by atoms with Crippen molar-refractivity contribution in [2.75, 3.05) is 5.32 Å². The van der Waals surface area contributed by atoms with E-state index in [1.165, 1.54) is 12.1 Å². The predicted octanol–water partition coefficient (Wildman–Crippen LogP) is 6.57. The van der Waals surface area contributed by atoms with E-state index in [9.17, 15) is 31.9 Å². The van der Waals surface area contributed by atoms with Crippen LogP contribution in [-0.4, -0.2) is 12.2 Å². The third-order valence-corrected chi connectivity index (χ3v) is 5.90. The maximum absolute atomic E-state index is 13.4. The van der Waals surface area contributed by atoms with Crippen LogP contribution in [0.4, 0.5) is 23.2 Å². The van der Waals surface area contributed by atoms with Gasteiger partial charge in [-0.2, -0.15) is 13.2 Å². The molecule has 5 nitrogen and oxygen atoms in total. The van der Waals surface area contributed by atoms with Gasteiger partial charge in [0.05, 0.1) is 23.2 Å². The largest absolute Gasteiger partial charge is 0.422 e. The third kappa shape index (κ3) is 5.01. The molecule has 4 rings (SSSR count). The molecular weight excluding hydrogens is 502 g/mol. The average molecular weight is 518 g/mol. The Balaban J connectivity index is 1.85. The number of halogens is 5. The first-order valence-corrected chi connectivity index (χ1v) is 10.8. The molecule has 0 saturated carbocycles. The number of amides is 1. The topological polar surface area (TPSA) is 76.4 Å². The first-order chi connectivity index (χ1) is 17.0. The molecule has 3 aromatic carbocycles. The van der Waals surface area contributed by atoms with Gasteiger partial charge < -0.3 is 9.73 Å². The summed E-state index contributed by atoms with van der Waals surface area (Å²) in [6.07, 6.45) is -4.97. The lowest BCUT2D eigenvalue weighted by Gasteiger charge is -2.16. The number of carbonyl (C=O) groups is 2. The van der Waals surface area contributed by atoms with E-state index in [-0.39, 0.29) is 22.8 Å². The Labute approximate surface area is 206 Å². The highest BCUT2D eigenvalue weighted by atomic mass is 35.5. The molecule has 1 heterocycles. The van der Waals surface area contributed by atoms with Gasteiger partial charge in [-0.15, -0.1) is 0 Å². The first kappa shape index (κ1) is 25.1. The second-order valence-corrected chi connectivity index (χ2v) is 8.40. The fourth-order valence-corrected chi connectivity index (χ4v) is 4.00. The van der Waals surface area contributed by atoms with Gasteiger partial charge in [0.25, 0.3) is 0 Å². The number of hydrogen-bond acceptors (Lipinski definition) is 4. The molecule has 10 heteroatoms. The number of anilines is 1. The van der Waals surface area contributed by atoms with Gasteiger partial charge in [0, 0.05) is 27.6 Å². The molecule has 36 heavy (non-hydrogen) atoms. The molecule has 184 valence electrons. The lowest BCUT2D eigenvalue weighted by atomic mass is 9.93. The highest BCUT2D eigenvalue weighted by Crippen LogP contribution is 2.36. The van der Waals surface area contributed by atoms with Crippen molar-refractivity contribution < 1.29 is 31.6 Å². The molecule has 0 aliphatic rings. The molecule has 1 N–H and O–H groups in total. The quantitative estimate of drug-likeness (QED) is 0.184. The summed E-state index contributed by atoms with van der Waals surface area (Å²) >= 11 is 6.17. The number of benzene rings is 3. The number of carbonyl (C=O) groups excluding carboxylic acids is 2. The van der Waals surface area contributed by atoms with Crippen LogP contribution in [0.2, 0.25) is 5.02 Å². The Bertz CT molecular complexity index is 1580. The number of aryl methyl sites for hydroxylation is 1.